The highest BCUT2D eigenvalue weighted by Gasteiger charge is 1.98. The summed E-state index contributed by atoms with van der Waals surface area (Å²) >= 11 is 0. The van der Waals surface area contributed by atoms with Crippen molar-refractivity contribution in [2.75, 3.05) is 11.9 Å². The maximum absolute atomic E-state index is 5.72. The highest BCUT2D eigenvalue weighted by atomic mass is 16.5. The van der Waals surface area contributed by atoms with Crippen LogP contribution in [-0.4, -0.2) is 6.61 Å². The summed E-state index contributed by atoms with van der Waals surface area (Å²) in [6.45, 7) is 6.10. The summed E-state index contributed by atoms with van der Waals surface area (Å²) in [7, 11) is 0. The number of ether oxygens (including phenoxy) is 1. The Kier molecular flexibility index (Phi) is 10.5. The van der Waals surface area contributed by atoms with Gasteiger partial charge in [0.25, 0.3) is 0 Å². The fourth-order valence-corrected chi connectivity index (χ4v) is 3.14. The molecule has 0 aromatic heterocycles. The molecule has 2 nitrogen and oxygen atoms in total. The van der Waals surface area contributed by atoms with Crippen molar-refractivity contribution in [2.24, 2.45) is 0 Å². The lowest BCUT2D eigenvalue weighted by Crippen LogP contribution is -2.00. The van der Waals surface area contributed by atoms with Crippen LogP contribution in [-0.2, 0) is 13.0 Å². The largest absolute Gasteiger partial charge is 0.494 e. The van der Waals surface area contributed by atoms with Gasteiger partial charge in [-0.3, -0.25) is 0 Å². The molecule has 0 saturated heterocycles. The lowest BCUT2D eigenvalue weighted by molar-refractivity contribution is 0.309. The van der Waals surface area contributed by atoms with Gasteiger partial charge in [-0.25, -0.2) is 0 Å². The molecular formula is C25H37NO. The van der Waals surface area contributed by atoms with Crippen molar-refractivity contribution in [3.63, 3.8) is 0 Å². The summed E-state index contributed by atoms with van der Waals surface area (Å²) in [5, 5.41) is 3.51. The number of rotatable bonds is 14. The van der Waals surface area contributed by atoms with E-state index in [0.717, 1.165) is 25.3 Å². The SMILES string of the molecule is CCCCCCCCc1ccc(NCc2ccc(OCCCC)cc2)cc1. The number of nitrogens with one attached hydrogen (secondary N) is 1. The predicted octanol–water partition coefficient (Wildman–Crippen LogP) is 7.38. The fourth-order valence-electron chi connectivity index (χ4n) is 3.14. The first kappa shape index (κ1) is 21.3. The van der Waals surface area contributed by atoms with Gasteiger partial charge in [-0.2, -0.15) is 0 Å². The van der Waals surface area contributed by atoms with E-state index < -0.39 is 0 Å². The number of benzene rings is 2. The molecule has 2 heteroatoms. The second-order valence-corrected chi connectivity index (χ2v) is 7.41. The average Bonchev–Trinajstić information content (AvgIpc) is 2.71. The van der Waals surface area contributed by atoms with Gasteiger partial charge >= 0.3 is 0 Å². The normalized spacial score (nSPS) is 10.7. The standard InChI is InChI=1S/C25H37NO/c1-3-5-7-8-9-10-11-22-12-16-24(17-13-22)26-21-23-14-18-25(19-15-23)27-20-6-4-2/h12-19,26H,3-11,20-21H2,1-2H3. The third kappa shape index (κ3) is 8.99. The van der Waals surface area contributed by atoms with Gasteiger partial charge < -0.3 is 10.1 Å². The minimum absolute atomic E-state index is 0.805. The molecule has 27 heavy (non-hydrogen) atoms. The van der Waals surface area contributed by atoms with Crippen LogP contribution in [0.15, 0.2) is 48.5 Å². The van der Waals surface area contributed by atoms with E-state index in [9.17, 15) is 0 Å². The molecular weight excluding hydrogens is 330 g/mol. The van der Waals surface area contributed by atoms with E-state index >= 15 is 0 Å². The highest BCUT2D eigenvalue weighted by Crippen LogP contribution is 2.16. The molecule has 2 aromatic rings. The summed E-state index contributed by atoms with van der Waals surface area (Å²) in [4.78, 5) is 0. The average molecular weight is 368 g/mol. The van der Waals surface area contributed by atoms with Crippen LogP contribution in [0, 0.1) is 0 Å². The van der Waals surface area contributed by atoms with Gasteiger partial charge in [-0.1, -0.05) is 76.6 Å². The summed E-state index contributed by atoms with van der Waals surface area (Å²) in [6, 6.07) is 17.3. The van der Waals surface area contributed by atoms with E-state index in [-0.39, 0.29) is 0 Å². The summed E-state index contributed by atoms with van der Waals surface area (Å²) in [5.74, 6) is 0.964. The maximum Gasteiger partial charge on any atom is 0.119 e. The zero-order chi connectivity index (χ0) is 19.2. The minimum Gasteiger partial charge on any atom is -0.494 e. The number of hydrogen-bond acceptors (Lipinski definition) is 2. The van der Waals surface area contributed by atoms with Crippen LogP contribution in [0.3, 0.4) is 0 Å². The Labute approximate surface area is 166 Å². The minimum atomic E-state index is 0.805. The molecule has 2 rings (SSSR count). The molecule has 0 aliphatic rings. The zero-order valence-corrected chi connectivity index (χ0v) is 17.3. The molecule has 0 atom stereocenters. The summed E-state index contributed by atoms with van der Waals surface area (Å²) < 4.78 is 5.72. The van der Waals surface area contributed by atoms with E-state index in [4.69, 9.17) is 4.74 Å². The molecule has 0 bridgehead atoms. The van der Waals surface area contributed by atoms with Crippen molar-refractivity contribution in [1.29, 1.82) is 0 Å². The molecule has 2 aromatic carbocycles. The van der Waals surface area contributed by atoms with E-state index in [0.29, 0.717) is 0 Å². The Morgan fingerprint density at radius 2 is 1.30 bits per heavy atom. The van der Waals surface area contributed by atoms with Crippen LogP contribution >= 0.6 is 0 Å². The zero-order valence-electron chi connectivity index (χ0n) is 17.3. The lowest BCUT2D eigenvalue weighted by atomic mass is 10.0. The van der Waals surface area contributed by atoms with Crippen LogP contribution in [0.2, 0.25) is 0 Å². The van der Waals surface area contributed by atoms with Crippen LogP contribution in [0.4, 0.5) is 5.69 Å². The molecule has 0 amide bonds. The first-order chi connectivity index (χ1) is 13.3. The number of anilines is 1. The molecule has 1 N–H and O–H groups in total. The summed E-state index contributed by atoms with van der Waals surface area (Å²) in [5.41, 5.74) is 3.91. The Bertz CT molecular complexity index is 603. The Morgan fingerprint density at radius 3 is 2.00 bits per heavy atom. The first-order valence-electron chi connectivity index (χ1n) is 10.9. The third-order valence-corrected chi connectivity index (χ3v) is 4.96. The van der Waals surface area contributed by atoms with Crippen molar-refractivity contribution in [3.8, 4) is 5.75 Å². The molecule has 0 heterocycles. The Morgan fingerprint density at radius 1 is 0.667 bits per heavy atom. The van der Waals surface area contributed by atoms with E-state index in [1.165, 1.54) is 68.2 Å². The molecule has 0 spiro atoms. The quantitative estimate of drug-likeness (QED) is 0.352. The van der Waals surface area contributed by atoms with Gasteiger partial charge in [0.2, 0.25) is 0 Å². The second-order valence-electron chi connectivity index (χ2n) is 7.41. The summed E-state index contributed by atoms with van der Waals surface area (Å²) in [6.07, 6.45) is 11.6. The van der Waals surface area contributed by atoms with Crippen molar-refractivity contribution in [2.45, 2.75) is 78.2 Å². The van der Waals surface area contributed by atoms with Crippen LogP contribution < -0.4 is 10.1 Å². The van der Waals surface area contributed by atoms with Gasteiger partial charge in [0.15, 0.2) is 0 Å². The first-order valence-corrected chi connectivity index (χ1v) is 10.9. The van der Waals surface area contributed by atoms with E-state index in [2.05, 4.69) is 67.7 Å². The number of unbranched alkanes of at least 4 members (excludes halogenated alkanes) is 6. The van der Waals surface area contributed by atoms with Crippen LogP contribution in [0.25, 0.3) is 0 Å². The number of aryl methyl sites for hydroxylation is 1. The molecule has 0 aliphatic carbocycles. The van der Waals surface area contributed by atoms with E-state index in [1.807, 2.05) is 0 Å². The molecule has 0 radical (unpaired) electrons. The predicted molar refractivity (Wildman–Crippen MR) is 118 cm³/mol. The molecule has 0 fully saturated rings. The smallest absolute Gasteiger partial charge is 0.119 e. The lowest BCUT2D eigenvalue weighted by Gasteiger charge is -2.09. The Balaban J connectivity index is 1.67. The van der Waals surface area contributed by atoms with Crippen LogP contribution in [0.5, 0.6) is 5.75 Å². The van der Waals surface area contributed by atoms with Gasteiger partial charge in [0.1, 0.15) is 5.75 Å². The van der Waals surface area contributed by atoms with Crippen molar-refractivity contribution >= 4 is 5.69 Å². The van der Waals surface area contributed by atoms with E-state index in [1.54, 1.807) is 0 Å². The van der Waals surface area contributed by atoms with Gasteiger partial charge in [0, 0.05) is 12.2 Å². The number of hydrogen-bond donors (Lipinski definition) is 1. The highest BCUT2D eigenvalue weighted by molar-refractivity contribution is 5.45. The van der Waals surface area contributed by atoms with Gasteiger partial charge in [-0.05, 0) is 54.7 Å². The molecule has 0 unspecified atom stereocenters. The fraction of sp³-hybridized carbons (Fsp3) is 0.520. The third-order valence-electron chi connectivity index (χ3n) is 4.96. The monoisotopic (exact) mass is 367 g/mol. The second kappa shape index (κ2) is 13.2. The Hall–Kier alpha value is -1.96. The molecule has 148 valence electrons. The molecule has 0 aliphatic heterocycles. The van der Waals surface area contributed by atoms with Crippen molar-refractivity contribution in [3.05, 3.63) is 59.7 Å². The van der Waals surface area contributed by atoms with Crippen molar-refractivity contribution < 1.29 is 4.74 Å². The molecule has 0 saturated carbocycles. The maximum atomic E-state index is 5.72. The van der Waals surface area contributed by atoms with Crippen LogP contribution in [0.1, 0.15) is 76.3 Å². The van der Waals surface area contributed by atoms with Gasteiger partial charge in [0.05, 0.1) is 6.61 Å². The topological polar surface area (TPSA) is 21.3 Å². The van der Waals surface area contributed by atoms with Crippen molar-refractivity contribution in [1.82, 2.24) is 0 Å². The van der Waals surface area contributed by atoms with Gasteiger partial charge in [-0.15, -0.1) is 0 Å².